The number of halogens is 1. The van der Waals surface area contributed by atoms with Crippen LogP contribution in [0.3, 0.4) is 0 Å². The second kappa shape index (κ2) is 7.36. The van der Waals surface area contributed by atoms with Crippen molar-refractivity contribution < 1.29 is 14.3 Å². The van der Waals surface area contributed by atoms with Gasteiger partial charge in [-0.05, 0) is 37.5 Å². The summed E-state index contributed by atoms with van der Waals surface area (Å²) in [6.07, 6.45) is 2.20. The second-order valence-corrected chi connectivity index (χ2v) is 7.36. The first-order valence-corrected chi connectivity index (χ1v) is 9.50. The highest BCUT2D eigenvalue weighted by molar-refractivity contribution is 5.95. The molecule has 0 saturated heterocycles. The van der Waals surface area contributed by atoms with Crippen LogP contribution in [0.5, 0.6) is 0 Å². The first-order valence-electron chi connectivity index (χ1n) is 9.50. The van der Waals surface area contributed by atoms with Crippen LogP contribution in [-0.2, 0) is 4.79 Å². The van der Waals surface area contributed by atoms with E-state index in [4.69, 9.17) is 0 Å². The summed E-state index contributed by atoms with van der Waals surface area (Å²) >= 11 is 0. The van der Waals surface area contributed by atoms with Crippen LogP contribution in [0.4, 0.5) is 10.2 Å². The molecule has 3 atom stereocenters. The number of nitrogens with zero attached hydrogens (tertiary/aromatic N) is 2. The number of pyridine rings is 3. The van der Waals surface area contributed by atoms with Gasteiger partial charge in [-0.3, -0.25) is 14.6 Å². The number of aliphatic hydroxyl groups excluding tert-OH is 1. The Hall–Kier alpha value is -3.13. The minimum Gasteiger partial charge on any atom is -0.387 e. The molecule has 1 fully saturated rings. The Bertz CT molecular complexity index is 1160. The summed E-state index contributed by atoms with van der Waals surface area (Å²) in [6, 6.07) is 5.05. The Morgan fingerprint density at radius 2 is 2.07 bits per heavy atom. The highest BCUT2D eigenvalue weighted by Crippen LogP contribution is 2.34. The number of amides is 1. The number of aromatic amines is 1. The molecule has 150 valence electrons. The molecule has 0 radical (unpaired) electrons. The van der Waals surface area contributed by atoms with Crippen molar-refractivity contribution in [1.82, 2.24) is 15.0 Å². The van der Waals surface area contributed by atoms with Crippen molar-refractivity contribution in [1.29, 1.82) is 0 Å². The van der Waals surface area contributed by atoms with E-state index in [1.807, 2.05) is 13.8 Å². The number of nitrogens with one attached hydrogen (secondary N) is 2. The average molecular weight is 396 g/mol. The molecule has 29 heavy (non-hydrogen) atoms. The fourth-order valence-electron chi connectivity index (χ4n) is 3.27. The maximum atomic E-state index is 13.0. The Balaban J connectivity index is 1.66. The zero-order valence-corrected chi connectivity index (χ0v) is 16.1. The van der Waals surface area contributed by atoms with Gasteiger partial charge in [0.25, 0.3) is 5.56 Å². The van der Waals surface area contributed by atoms with Gasteiger partial charge in [0.15, 0.2) is 0 Å². The minimum atomic E-state index is -1.08. The first kappa shape index (κ1) is 19.2. The van der Waals surface area contributed by atoms with Crippen molar-refractivity contribution in [3.05, 3.63) is 52.2 Å². The summed E-state index contributed by atoms with van der Waals surface area (Å²) in [5, 5.41) is 13.2. The standard InChI is InChI=1S/C21H21FN4O3/c1-3-18(27)17-4-10(2)14(9-23-17)12-5-11-8-24-19(7-16(11)25-20(12)28)26-21(29)13-6-15(13)22/h4-5,7-9,13,15,18,27H,3,6H2,1-2H3,(H,25,28)(H,24,26,29)/t13-,15+,18-/m1/s1. The molecule has 3 N–H and O–H groups in total. The van der Waals surface area contributed by atoms with Crippen LogP contribution in [0.25, 0.3) is 22.0 Å². The summed E-state index contributed by atoms with van der Waals surface area (Å²) in [5.41, 5.74) is 2.71. The average Bonchev–Trinajstić information content (AvgIpc) is 3.44. The van der Waals surface area contributed by atoms with Crippen molar-refractivity contribution in [2.75, 3.05) is 5.32 Å². The smallest absolute Gasteiger partial charge is 0.256 e. The number of aliphatic hydroxyl groups is 1. The minimum absolute atomic E-state index is 0.237. The SMILES string of the molecule is CC[C@@H](O)c1cc(C)c(-c2cc3cnc(NC(=O)[C@@H]4C[C@@H]4F)cc3[nH]c2=O)cn1. The van der Waals surface area contributed by atoms with Gasteiger partial charge in [0.1, 0.15) is 12.0 Å². The van der Waals surface area contributed by atoms with E-state index in [2.05, 4.69) is 20.3 Å². The molecule has 0 unspecified atom stereocenters. The quantitative estimate of drug-likeness (QED) is 0.614. The van der Waals surface area contributed by atoms with E-state index >= 15 is 0 Å². The van der Waals surface area contributed by atoms with Crippen LogP contribution in [0.1, 0.15) is 37.1 Å². The zero-order valence-electron chi connectivity index (χ0n) is 16.1. The maximum Gasteiger partial charge on any atom is 0.256 e. The molecule has 7 nitrogen and oxygen atoms in total. The summed E-state index contributed by atoms with van der Waals surface area (Å²) in [7, 11) is 0. The van der Waals surface area contributed by atoms with Crippen molar-refractivity contribution in [2.45, 2.75) is 39.0 Å². The molecular weight excluding hydrogens is 375 g/mol. The number of anilines is 1. The van der Waals surface area contributed by atoms with Crippen molar-refractivity contribution in [3.8, 4) is 11.1 Å². The molecule has 0 aromatic carbocycles. The van der Waals surface area contributed by atoms with Gasteiger partial charge >= 0.3 is 0 Å². The van der Waals surface area contributed by atoms with E-state index in [1.165, 1.54) is 0 Å². The Morgan fingerprint density at radius 3 is 2.72 bits per heavy atom. The van der Waals surface area contributed by atoms with Gasteiger partial charge in [0.2, 0.25) is 5.91 Å². The number of alkyl halides is 1. The lowest BCUT2D eigenvalue weighted by atomic mass is 10.0. The molecule has 3 heterocycles. The Kier molecular flexibility index (Phi) is 4.87. The fraction of sp³-hybridized carbons (Fsp3) is 0.333. The number of aromatic nitrogens is 3. The van der Waals surface area contributed by atoms with E-state index in [0.717, 1.165) is 5.56 Å². The molecule has 1 amide bonds. The molecule has 0 spiro atoms. The molecular formula is C21H21FN4O3. The summed E-state index contributed by atoms with van der Waals surface area (Å²) < 4.78 is 13.0. The topological polar surface area (TPSA) is 108 Å². The molecule has 1 aliphatic carbocycles. The van der Waals surface area contributed by atoms with Gasteiger partial charge in [-0.2, -0.15) is 0 Å². The lowest BCUT2D eigenvalue weighted by Gasteiger charge is -2.11. The highest BCUT2D eigenvalue weighted by Gasteiger charge is 2.43. The molecule has 1 aliphatic rings. The third kappa shape index (κ3) is 3.75. The second-order valence-electron chi connectivity index (χ2n) is 7.36. The molecule has 0 bridgehead atoms. The highest BCUT2D eigenvalue weighted by atomic mass is 19.1. The summed E-state index contributed by atoms with van der Waals surface area (Å²) in [5.74, 6) is -0.751. The van der Waals surface area contributed by atoms with Crippen LogP contribution in [0, 0.1) is 12.8 Å². The monoisotopic (exact) mass is 396 g/mol. The molecule has 0 aliphatic heterocycles. The normalized spacial score (nSPS) is 19.2. The number of fused-ring (bicyclic) bond motifs is 1. The fourth-order valence-corrected chi connectivity index (χ4v) is 3.27. The number of rotatable bonds is 5. The van der Waals surface area contributed by atoms with E-state index in [9.17, 15) is 19.1 Å². The number of carbonyl (C=O) groups is 1. The summed E-state index contributed by atoms with van der Waals surface area (Å²) in [6.45, 7) is 3.73. The van der Waals surface area contributed by atoms with E-state index < -0.39 is 24.1 Å². The Labute approximate surface area is 166 Å². The number of hydrogen-bond donors (Lipinski definition) is 3. The predicted molar refractivity (Wildman–Crippen MR) is 107 cm³/mol. The van der Waals surface area contributed by atoms with Crippen molar-refractivity contribution >= 4 is 22.6 Å². The van der Waals surface area contributed by atoms with Gasteiger partial charge in [-0.15, -0.1) is 0 Å². The van der Waals surface area contributed by atoms with E-state index in [-0.39, 0.29) is 17.8 Å². The zero-order chi connectivity index (χ0) is 20.7. The molecule has 3 aromatic heterocycles. The maximum absolute atomic E-state index is 13.0. The molecule has 1 saturated carbocycles. The van der Waals surface area contributed by atoms with Gasteiger partial charge in [0, 0.05) is 35.0 Å². The largest absolute Gasteiger partial charge is 0.387 e. The molecule has 4 rings (SSSR count). The van der Waals surface area contributed by atoms with Crippen LogP contribution in [0.15, 0.2) is 35.4 Å². The van der Waals surface area contributed by atoms with Gasteiger partial charge in [-0.1, -0.05) is 6.92 Å². The number of aryl methyl sites for hydroxylation is 1. The van der Waals surface area contributed by atoms with Gasteiger partial charge < -0.3 is 15.4 Å². The molecule has 8 heteroatoms. The number of H-pyrrole nitrogens is 1. The van der Waals surface area contributed by atoms with E-state index in [0.29, 0.717) is 34.1 Å². The van der Waals surface area contributed by atoms with Crippen molar-refractivity contribution in [3.63, 3.8) is 0 Å². The first-order chi connectivity index (χ1) is 13.9. The van der Waals surface area contributed by atoms with Crippen LogP contribution in [0.2, 0.25) is 0 Å². The summed E-state index contributed by atoms with van der Waals surface area (Å²) in [4.78, 5) is 35.8. The van der Waals surface area contributed by atoms with Crippen LogP contribution >= 0.6 is 0 Å². The lowest BCUT2D eigenvalue weighted by molar-refractivity contribution is -0.117. The predicted octanol–water partition coefficient (Wildman–Crippen LogP) is 3.03. The van der Waals surface area contributed by atoms with Crippen molar-refractivity contribution in [2.24, 2.45) is 5.92 Å². The van der Waals surface area contributed by atoms with Crippen LogP contribution < -0.4 is 10.9 Å². The third-order valence-corrected chi connectivity index (χ3v) is 5.18. The third-order valence-electron chi connectivity index (χ3n) is 5.18. The van der Waals surface area contributed by atoms with Gasteiger partial charge in [0.05, 0.1) is 23.2 Å². The number of hydrogen-bond acceptors (Lipinski definition) is 5. The van der Waals surface area contributed by atoms with E-state index in [1.54, 1.807) is 30.6 Å². The lowest BCUT2D eigenvalue weighted by Crippen LogP contribution is -2.16. The molecule has 3 aromatic rings. The van der Waals surface area contributed by atoms with Crippen LogP contribution in [-0.4, -0.2) is 32.1 Å². The van der Waals surface area contributed by atoms with Gasteiger partial charge in [-0.25, -0.2) is 9.37 Å². The Morgan fingerprint density at radius 1 is 1.31 bits per heavy atom. The number of carbonyl (C=O) groups excluding carboxylic acids is 1.